The lowest BCUT2D eigenvalue weighted by Gasteiger charge is -2.24. The van der Waals surface area contributed by atoms with E-state index in [1.807, 2.05) is 38.1 Å². The summed E-state index contributed by atoms with van der Waals surface area (Å²) in [6.07, 6.45) is 0.487. The summed E-state index contributed by atoms with van der Waals surface area (Å²) in [5, 5.41) is 2.87. The quantitative estimate of drug-likeness (QED) is 0.669. The highest BCUT2D eigenvalue weighted by molar-refractivity contribution is 7.92. The first-order valence-electron chi connectivity index (χ1n) is 9.56. The molecule has 30 heavy (non-hydrogen) atoms. The van der Waals surface area contributed by atoms with Gasteiger partial charge in [0.15, 0.2) is 0 Å². The summed E-state index contributed by atoms with van der Waals surface area (Å²) < 4.78 is 40.8. The minimum atomic E-state index is -3.84. The van der Waals surface area contributed by atoms with E-state index in [1.54, 1.807) is 18.2 Å². The Balaban J connectivity index is 1.63. The zero-order valence-corrected chi connectivity index (χ0v) is 17.4. The van der Waals surface area contributed by atoms with Gasteiger partial charge < -0.3 is 5.32 Å². The largest absolute Gasteiger partial charge is 0.322 e. The van der Waals surface area contributed by atoms with E-state index in [9.17, 15) is 17.6 Å². The van der Waals surface area contributed by atoms with Crippen LogP contribution in [0.4, 0.5) is 15.8 Å². The molecule has 0 unspecified atom stereocenters. The number of amides is 1. The fourth-order valence-corrected chi connectivity index (χ4v) is 5.45. The molecule has 0 bridgehead atoms. The zero-order chi connectivity index (χ0) is 21.5. The number of anilines is 2. The molecular weight excluding hydrogens is 403 g/mol. The van der Waals surface area contributed by atoms with Gasteiger partial charge in [-0.05, 0) is 86.0 Å². The topological polar surface area (TPSA) is 66.5 Å². The number of nitrogens with zero attached hydrogens (tertiary/aromatic N) is 1. The molecule has 3 aromatic carbocycles. The van der Waals surface area contributed by atoms with Gasteiger partial charge in [-0.1, -0.05) is 12.1 Å². The molecule has 1 aliphatic rings. The summed E-state index contributed by atoms with van der Waals surface area (Å²) in [5.74, 6) is -0.746. The summed E-state index contributed by atoms with van der Waals surface area (Å²) in [4.78, 5) is 12.7. The van der Waals surface area contributed by atoms with Crippen molar-refractivity contribution in [3.05, 3.63) is 89.2 Å². The van der Waals surface area contributed by atoms with Crippen LogP contribution in [-0.2, 0) is 16.4 Å². The summed E-state index contributed by atoms with van der Waals surface area (Å²) in [6.45, 7) is 3.76. The summed E-state index contributed by atoms with van der Waals surface area (Å²) in [7, 11) is -3.84. The second-order valence-electron chi connectivity index (χ2n) is 7.48. The maximum atomic E-state index is 13.2. The maximum Gasteiger partial charge on any atom is 0.264 e. The van der Waals surface area contributed by atoms with E-state index in [-0.39, 0.29) is 16.8 Å². The number of aryl methyl sites for hydroxylation is 1. The third-order valence-electron chi connectivity index (χ3n) is 5.14. The minimum Gasteiger partial charge on any atom is -0.322 e. The van der Waals surface area contributed by atoms with Gasteiger partial charge in [-0.25, -0.2) is 12.8 Å². The van der Waals surface area contributed by atoms with Gasteiger partial charge in [-0.3, -0.25) is 9.10 Å². The second-order valence-corrected chi connectivity index (χ2v) is 9.29. The van der Waals surface area contributed by atoms with Gasteiger partial charge in [-0.2, -0.15) is 0 Å². The molecule has 3 aromatic rings. The van der Waals surface area contributed by atoms with E-state index in [0.29, 0.717) is 23.4 Å². The van der Waals surface area contributed by atoms with Crippen LogP contribution in [-0.4, -0.2) is 20.4 Å². The number of hydrogen-bond donors (Lipinski definition) is 1. The van der Waals surface area contributed by atoms with Crippen LogP contribution in [0.15, 0.2) is 71.6 Å². The lowest BCUT2D eigenvalue weighted by Crippen LogP contribution is -2.35. The SMILES string of the molecule is Cc1cccc(NC(=O)c2ccc3c(c2)C[C@H](C)N3S(=O)(=O)c2ccc(F)cc2)c1. The van der Waals surface area contributed by atoms with Crippen LogP contribution in [0.5, 0.6) is 0 Å². The molecule has 0 radical (unpaired) electrons. The van der Waals surface area contributed by atoms with Crippen molar-refractivity contribution in [1.29, 1.82) is 0 Å². The Hall–Kier alpha value is -3.19. The van der Waals surface area contributed by atoms with E-state index in [2.05, 4.69) is 5.32 Å². The monoisotopic (exact) mass is 424 g/mol. The van der Waals surface area contributed by atoms with Crippen molar-refractivity contribution in [3.8, 4) is 0 Å². The van der Waals surface area contributed by atoms with Crippen molar-refractivity contribution in [2.24, 2.45) is 0 Å². The fourth-order valence-electron chi connectivity index (χ4n) is 3.76. The summed E-state index contributed by atoms with van der Waals surface area (Å²) in [6, 6.07) is 17.0. The van der Waals surface area contributed by atoms with Crippen LogP contribution >= 0.6 is 0 Å². The number of halogens is 1. The van der Waals surface area contributed by atoms with Gasteiger partial charge in [-0.15, -0.1) is 0 Å². The molecule has 7 heteroatoms. The van der Waals surface area contributed by atoms with Gasteiger partial charge in [0.2, 0.25) is 0 Å². The molecule has 1 heterocycles. The highest BCUT2D eigenvalue weighted by Gasteiger charge is 2.36. The first-order chi connectivity index (χ1) is 14.3. The molecule has 0 saturated heterocycles. The number of benzene rings is 3. The molecule has 1 aliphatic heterocycles. The van der Waals surface area contributed by atoms with Crippen molar-refractivity contribution in [2.75, 3.05) is 9.62 Å². The highest BCUT2D eigenvalue weighted by Crippen LogP contribution is 2.37. The van der Waals surface area contributed by atoms with E-state index >= 15 is 0 Å². The predicted octanol–water partition coefficient (Wildman–Crippen LogP) is 4.53. The van der Waals surface area contributed by atoms with Gasteiger partial charge in [0.05, 0.1) is 10.6 Å². The summed E-state index contributed by atoms with van der Waals surface area (Å²) >= 11 is 0. The van der Waals surface area contributed by atoms with Crippen LogP contribution < -0.4 is 9.62 Å². The number of fused-ring (bicyclic) bond motifs is 1. The number of carbonyl (C=O) groups is 1. The molecular formula is C23H21FN2O3S. The Kier molecular flexibility index (Phi) is 5.07. The van der Waals surface area contributed by atoms with Gasteiger partial charge >= 0.3 is 0 Å². The number of sulfonamides is 1. The van der Waals surface area contributed by atoms with Crippen LogP contribution in [0.25, 0.3) is 0 Å². The van der Waals surface area contributed by atoms with Crippen molar-refractivity contribution in [3.63, 3.8) is 0 Å². The number of nitrogens with one attached hydrogen (secondary N) is 1. The Morgan fingerprint density at radius 3 is 2.50 bits per heavy atom. The summed E-state index contributed by atoms with van der Waals surface area (Å²) in [5.41, 5.74) is 3.53. The van der Waals surface area contributed by atoms with E-state index < -0.39 is 15.8 Å². The Morgan fingerprint density at radius 1 is 1.07 bits per heavy atom. The van der Waals surface area contributed by atoms with E-state index in [1.165, 1.54) is 16.4 Å². The van der Waals surface area contributed by atoms with Crippen LogP contribution in [0, 0.1) is 12.7 Å². The highest BCUT2D eigenvalue weighted by atomic mass is 32.2. The van der Waals surface area contributed by atoms with Gasteiger partial charge in [0, 0.05) is 17.3 Å². The van der Waals surface area contributed by atoms with Crippen LogP contribution in [0.1, 0.15) is 28.4 Å². The molecule has 0 saturated carbocycles. The Morgan fingerprint density at radius 2 is 1.80 bits per heavy atom. The lowest BCUT2D eigenvalue weighted by molar-refractivity contribution is 0.102. The van der Waals surface area contributed by atoms with Crippen molar-refractivity contribution >= 4 is 27.3 Å². The van der Waals surface area contributed by atoms with Crippen molar-refractivity contribution < 1.29 is 17.6 Å². The van der Waals surface area contributed by atoms with Crippen molar-refractivity contribution in [2.45, 2.75) is 31.2 Å². The molecule has 1 N–H and O–H groups in total. The van der Waals surface area contributed by atoms with Crippen LogP contribution in [0.2, 0.25) is 0 Å². The first-order valence-corrected chi connectivity index (χ1v) is 11.0. The third-order valence-corrected chi connectivity index (χ3v) is 7.08. The van der Waals surface area contributed by atoms with Crippen molar-refractivity contribution in [1.82, 2.24) is 0 Å². The van der Waals surface area contributed by atoms with E-state index in [4.69, 9.17) is 0 Å². The first kappa shape index (κ1) is 20.1. The molecule has 154 valence electrons. The number of carbonyl (C=O) groups excluding carboxylic acids is 1. The average Bonchev–Trinajstić information content (AvgIpc) is 3.03. The van der Waals surface area contributed by atoms with Crippen LogP contribution in [0.3, 0.4) is 0 Å². The Bertz CT molecular complexity index is 1220. The van der Waals surface area contributed by atoms with Gasteiger partial charge in [0.1, 0.15) is 5.82 Å². The smallest absolute Gasteiger partial charge is 0.264 e. The van der Waals surface area contributed by atoms with Gasteiger partial charge in [0.25, 0.3) is 15.9 Å². The molecule has 0 aromatic heterocycles. The standard InChI is InChI=1S/C23H21FN2O3S/c1-15-4-3-5-20(12-15)25-23(27)17-6-11-22-18(14-17)13-16(2)26(22)30(28,29)21-9-7-19(24)8-10-21/h3-12,14,16H,13H2,1-2H3,(H,25,27)/t16-/m0/s1. The molecule has 4 rings (SSSR count). The second kappa shape index (κ2) is 7.57. The average molecular weight is 424 g/mol. The molecule has 0 fully saturated rings. The lowest BCUT2D eigenvalue weighted by atomic mass is 10.1. The number of hydrogen-bond acceptors (Lipinski definition) is 3. The maximum absolute atomic E-state index is 13.2. The fraction of sp³-hybridized carbons (Fsp3) is 0.174. The molecule has 5 nitrogen and oxygen atoms in total. The predicted molar refractivity (Wildman–Crippen MR) is 115 cm³/mol. The molecule has 1 amide bonds. The Labute approximate surface area is 175 Å². The van der Waals surface area contributed by atoms with E-state index in [0.717, 1.165) is 23.3 Å². The zero-order valence-electron chi connectivity index (χ0n) is 16.6. The normalized spacial score (nSPS) is 15.7. The minimum absolute atomic E-state index is 0.0323. The number of rotatable bonds is 4. The molecule has 1 atom stereocenters. The molecule has 0 spiro atoms. The third kappa shape index (κ3) is 3.68. The molecule has 0 aliphatic carbocycles.